The number of carbonyl (C=O) groups is 2. The van der Waals surface area contributed by atoms with Crippen molar-refractivity contribution in [1.29, 1.82) is 0 Å². The van der Waals surface area contributed by atoms with Gasteiger partial charge in [-0.25, -0.2) is 9.78 Å². The predicted octanol–water partition coefficient (Wildman–Crippen LogP) is 4.29. The smallest absolute Gasteiger partial charge is 0.338 e. The number of nitrogens with one attached hydrogen (secondary N) is 1. The molecule has 0 saturated carbocycles. The fourth-order valence-electron chi connectivity index (χ4n) is 2.37. The SMILES string of the molecule is O=C(COC(=O)c1ccccc1Cc1ccccc1)Nc1ncc(Br)s1. The number of aromatic nitrogens is 1. The number of rotatable bonds is 6. The zero-order valence-corrected chi connectivity index (χ0v) is 16.0. The molecule has 0 bridgehead atoms. The minimum absolute atomic E-state index is 0.365. The Hall–Kier alpha value is -2.51. The van der Waals surface area contributed by atoms with Gasteiger partial charge < -0.3 is 4.74 Å². The third kappa shape index (κ3) is 5.00. The molecule has 7 heteroatoms. The molecule has 3 aromatic rings. The molecule has 0 aliphatic rings. The lowest BCUT2D eigenvalue weighted by molar-refractivity contribution is -0.119. The van der Waals surface area contributed by atoms with Crippen LogP contribution in [0.3, 0.4) is 0 Å². The van der Waals surface area contributed by atoms with Gasteiger partial charge in [0.05, 0.1) is 15.5 Å². The van der Waals surface area contributed by atoms with Crippen molar-refractivity contribution in [3.63, 3.8) is 0 Å². The number of nitrogens with zero attached hydrogens (tertiary/aromatic N) is 1. The molecule has 3 rings (SSSR count). The summed E-state index contributed by atoms with van der Waals surface area (Å²) in [6.07, 6.45) is 2.21. The van der Waals surface area contributed by atoms with Crippen molar-refractivity contribution in [2.45, 2.75) is 6.42 Å². The van der Waals surface area contributed by atoms with Gasteiger partial charge >= 0.3 is 5.97 Å². The second-order valence-corrected chi connectivity index (χ2v) is 7.82. The number of ether oxygens (including phenoxy) is 1. The van der Waals surface area contributed by atoms with Crippen molar-refractivity contribution in [1.82, 2.24) is 4.98 Å². The molecule has 2 aromatic carbocycles. The van der Waals surface area contributed by atoms with Crippen molar-refractivity contribution in [2.24, 2.45) is 0 Å². The molecule has 132 valence electrons. The van der Waals surface area contributed by atoms with Crippen LogP contribution < -0.4 is 5.32 Å². The quantitative estimate of drug-likeness (QED) is 0.592. The van der Waals surface area contributed by atoms with Crippen molar-refractivity contribution in [3.05, 3.63) is 81.3 Å². The Morgan fingerprint density at radius 2 is 1.81 bits per heavy atom. The number of thiazole rings is 1. The van der Waals surface area contributed by atoms with E-state index in [-0.39, 0.29) is 6.61 Å². The Kier molecular flexibility index (Phi) is 6.14. The summed E-state index contributed by atoms with van der Waals surface area (Å²) < 4.78 is 5.97. The Balaban J connectivity index is 1.62. The molecule has 0 aliphatic carbocycles. The van der Waals surface area contributed by atoms with Crippen molar-refractivity contribution in [3.8, 4) is 0 Å². The number of esters is 1. The summed E-state index contributed by atoms with van der Waals surface area (Å²) in [4.78, 5) is 28.3. The molecule has 1 amide bonds. The highest BCUT2D eigenvalue weighted by atomic mass is 79.9. The third-order valence-electron chi connectivity index (χ3n) is 3.53. The number of amides is 1. The van der Waals surface area contributed by atoms with E-state index in [0.29, 0.717) is 17.1 Å². The van der Waals surface area contributed by atoms with E-state index in [4.69, 9.17) is 4.74 Å². The lowest BCUT2D eigenvalue weighted by Gasteiger charge is -2.09. The monoisotopic (exact) mass is 430 g/mol. The van der Waals surface area contributed by atoms with Crippen LogP contribution in [0.1, 0.15) is 21.5 Å². The van der Waals surface area contributed by atoms with Crippen LogP contribution in [-0.2, 0) is 16.0 Å². The predicted molar refractivity (Wildman–Crippen MR) is 104 cm³/mol. The van der Waals surface area contributed by atoms with Crippen LogP contribution in [0.15, 0.2) is 64.6 Å². The summed E-state index contributed by atoms with van der Waals surface area (Å²) in [5, 5.41) is 3.03. The fourth-order valence-corrected chi connectivity index (χ4v) is 3.49. The molecular formula is C19H15BrN2O3S. The lowest BCUT2D eigenvalue weighted by Crippen LogP contribution is -2.21. The van der Waals surface area contributed by atoms with Crippen LogP contribution in [0.25, 0.3) is 0 Å². The molecule has 26 heavy (non-hydrogen) atoms. The molecule has 0 aliphatic heterocycles. The second-order valence-electron chi connectivity index (χ2n) is 5.41. The Bertz CT molecular complexity index is 912. The van der Waals surface area contributed by atoms with Crippen LogP contribution in [0.5, 0.6) is 0 Å². The molecule has 0 spiro atoms. The maximum Gasteiger partial charge on any atom is 0.338 e. The zero-order chi connectivity index (χ0) is 18.4. The summed E-state index contributed by atoms with van der Waals surface area (Å²) in [6, 6.07) is 17.1. The largest absolute Gasteiger partial charge is 0.452 e. The maximum atomic E-state index is 12.4. The number of hydrogen-bond acceptors (Lipinski definition) is 5. The number of halogens is 1. The second kappa shape index (κ2) is 8.73. The van der Waals surface area contributed by atoms with Gasteiger partial charge in [0, 0.05) is 0 Å². The Morgan fingerprint density at radius 3 is 2.54 bits per heavy atom. The average molecular weight is 431 g/mol. The van der Waals surface area contributed by atoms with Crippen molar-refractivity contribution < 1.29 is 14.3 Å². The molecule has 0 saturated heterocycles. The van der Waals surface area contributed by atoms with Gasteiger partial charge in [0.25, 0.3) is 5.91 Å². The van der Waals surface area contributed by atoms with Gasteiger partial charge in [-0.3, -0.25) is 10.1 Å². The minimum Gasteiger partial charge on any atom is -0.452 e. The highest BCUT2D eigenvalue weighted by Crippen LogP contribution is 2.23. The first kappa shape index (κ1) is 18.3. The summed E-state index contributed by atoms with van der Waals surface area (Å²) >= 11 is 4.55. The lowest BCUT2D eigenvalue weighted by atomic mass is 10.00. The first-order valence-electron chi connectivity index (χ1n) is 7.82. The van der Waals surface area contributed by atoms with E-state index in [1.807, 2.05) is 42.5 Å². The van der Waals surface area contributed by atoms with E-state index >= 15 is 0 Å². The summed E-state index contributed by atoms with van der Waals surface area (Å²) in [5.41, 5.74) is 2.41. The molecular weight excluding hydrogens is 416 g/mol. The fraction of sp³-hybridized carbons (Fsp3) is 0.105. The molecule has 0 fully saturated rings. The summed E-state index contributed by atoms with van der Waals surface area (Å²) in [7, 11) is 0. The zero-order valence-electron chi connectivity index (χ0n) is 13.6. The number of anilines is 1. The van der Waals surface area contributed by atoms with Gasteiger partial charge in [-0.05, 0) is 39.5 Å². The van der Waals surface area contributed by atoms with Gasteiger partial charge in [-0.1, -0.05) is 59.9 Å². The Morgan fingerprint density at radius 1 is 1.08 bits per heavy atom. The van der Waals surface area contributed by atoms with Gasteiger partial charge in [-0.15, -0.1) is 0 Å². The average Bonchev–Trinajstić information content (AvgIpc) is 3.06. The maximum absolute atomic E-state index is 12.4. The van der Waals surface area contributed by atoms with E-state index in [1.54, 1.807) is 18.3 Å². The van der Waals surface area contributed by atoms with Crippen LogP contribution in [0, 0.1) is 0 Å². The number of benzene rings is 2. The molecule has 5 nitrogen and oxygen atoms in total. The van der Waals surface area contributed by atoms with Gasteiger partial charge in [0.2, 0.25) is 0 Å². The topological polar surface area (TPSA) is 68.3 Å². The molecule has 0 radical (unpaired) electrons. The van der Waals surface area contributed by atoms with Crippen LogP contribution in [0.4, 0.5) is 5.13 Å². The van der Waals surface area contributed by atoms with Crippen LogP contribution >= 0.6 is 27.3 Å². The standard InChI is InChI=1S/C19H15BrN2O3S/c20-16-11-21-19(26-16)22-17(23)12-25-18(24)15-9-5-4-8-14(15)10-13-6-2-1-3-7-13/h1-9,11H,10,12H2,(H,21,22,23). The minimum atomic E-state index is -0.521. The Labute approximate surface area is 163 Å². The van der Waals surface area contributed by atoms with Crippen molar-refractivity contribution >= 4 is 44.3 Å². The molecule has 1 aromatic heterocycles. The van der Waals surface area contributed by atoms with Gasteiger partial charge in [-0.2, -0.15) is 0 Å². The van der Waals surface area contributed by atoms with Crippen LogP contribution in [-0.4, -0.2) is 23.5 Å². The van der Waals surface area contributed by atoms with Crippen LogP contribution in [0.2, 0.25) is 0 Å². The molecule has 1 N–H and O–H groups in total. The van der Waals surface area contributed by atoms with Gasteiger partial charge in [0.15, 0.2) is 11.7 Å². The third-order valence-corrected chi connectivity index (χ3v) is 4.92. The molecule has 0 atom stereocenters. The summed E-state index contributed by atoms with van der Waals surface area (Å²) in [5.74, 6) is -0.951. The molecule has 1 heterocycles. The normalized spacial score (nSPS) is 10.3. The number of hydrogen-bond donors (Lipinski definition) is 1. The van der Waals surface area contributed by atoms with E-state index in [2.05, 4.69) is 26.2 Å². The highest BCUT2D eigenvalue weighted by molar-refractivity contribution is 9.11. The highest BCUT2D eigenvalue weighted by Gasteiger charge is 2.15. The van der Waals surface area contributed by atoms with Gasteiger partial charge in [0.1, 0.15) is 0 Å². The first-order valence-corrected chi connectivity index (χ1v) is 9.43. The van der Waals surface area contributed by atoms with E-state index < -0.39 is 11.9 Å². The van der Waals surface area contributed by atoms with E-state index in [1.165, 1.54) is 11.3 Å². The van der Waals surface area contributed by atoms with Crippen molar-refractivity contribution in [2.75, 3.05) is 11.9 Å². The molecule has 0 unspecified atom stereocenters. The first-order chi connectivity index (χ1) is 12.6. The number of carbonyl (C=O) groups excluding carboxylic acids is 2. The van der Waals surface area contributed by atoms with E-state index in [0.717, 1.165) is 14.9 Å². The summed E-state index contributed by atoms with van der Waals surface area (Å²) in [6.45, 7) is -0.365. The van der Waals surface area contributed by atoms with E-state index in [9.17, 15) is 9.59 Å².